The zero-order chi connectivity index (χ0) is 14.4. The van der Waals surface area contributed by atoms with Crippen molar-refractivity contribution < 1.29 is 9.53 Å². The largest absolute Gasteiger partial charge is 0.494 e. The van der Waals surface area contributed by atoms with Crippen LogP contribution in [0.5, 0.6) is 5.75 Å². The smallest absolute Gasteiger partial charge is 0.230 e. The van der Waals surface area contributed by atoms with E-state index in [1.54, 1.807) is 0 Å². The molecule has 0 aliphatic rings. The fourth-order valence-corrected chi connectivity index (χ4v) is 2.36. The summed E-state index contributed by atoms with van der Waals surface area (Å²) in [6, 6.07) is 7.52. The highest BCUT2D eigenvalue weighted by molar-refractivity contribution is 7.15. The van der Waals surface area contributed by atoms with E-state index in [1.165, 1.54) is 11.3 Å². The van der Waals surface area contributed by atoms with Gasteiger partial charge in [0.05, 0.1) is 13.0 Å². The van der Waals surface area contributed by atoms with Crippen molar-refractivity contribution in [3.63, 3.8) is 0 Å². The van der Waals surface area contributed by atoms with Crippen LogP contribution in [0.3, 0.4) is 0 Å². The van der Waals surface area contributed by atoms with Gasteiger partial charge in [0.15, 0.2) is 0 Å². The summed E-state index contributed by atoms with van der Waals surface area (Å²) >= 11 is 1.41. The van der Waals surface area contributed by atoms with Crippen LogP contribution in [0.1, 0.15) is 24.4 Å². The van der Waals surface area contributed by atoms with Gasteiger partial charge in [0.25, 0.3) is 0 Å². The van der Waals surface area contributed by atoms with Gasteiger partial charge in [-0.25, -0.2) is 0 Å². The molecule has 0 bridgehead atoms. The van der Waals surface area contributed by atoms with Crippen LogP contribution < -0.4 is 10.1 Å². The molecule has 0 atom stereocenters. The molecule has 1 heterocycles. The van der Waals surface area contributed by atoms with Gasteiger partial charge in [0.1, 0.15) is 10.8 Å². The van der Waals surface area contributed by atoms with Gasteiger partial charge in [0, 0.05) is 0 Å². The minimum atomic E-state index is -0.0898. The van der Waals surface area contributed by atoms with Gasteiger partial charge < -0.3 is 10.1 Å². The number of carbonyl (C=O) groups is 1. The molecule has 0 radical (unpaired) electrons. The predicted octanol–water partition coefficient (Wildman–Crippen LogP) is 2.68. The van der Waals surface area contributed by atoms with Crippen LogP contribution in [-0.4, -0.2) is 22.7 Å². The van der Waals surface area contributed by atoms with Crippen molar-refractivity contribution in [1.29, 1.82) is 0 Å². The molecule has 0 saturated heterocycles. The average molecular weight is 291 g/mol. The van der Waals surface area contributed by atoms with E-state index in [0.717, 1.165) is 22.7 Å². The number of aryl methyl sites for hydroxylation is 1. The quantitative estimate of drug-likeness (QED) is 0.888. The van der Waals surface area contributed by atoms with E-state index in [2.05, 4.69) is 15.5 Å². The van der Waals surface area contributed by atoms with Crippen LogP contribution >= 0.6 is 11.3 Å². The summed E-state index contributed by atoms with van der Waals surface area (Å²) in [4.78, 5) is 11.9. The van der Waals surface area contributed by atoms with Gasteiger partial charge in [0.2, 0.25) is 11.0 Å². The van der Waals surface area contributed by atoms with Crippen molar-refractivity contribution in [2.24, 2.45) is 0 Å². The maximum Gasteiger partial charge on any atom is 0.230 e. The summed E-state index contributed by atoms with van der Waals surface area (Å²) < 4.78 is 5.36. The topological polar surface area (TPSA) is 64.1 Å². The average Bonchev–Trinajstić information content (AvgIpc) is 2.89. The highest BCUT2D eigenvalue weighted by atomic mass is 32.1. The van der Waals surface area contributed by atoms with Gasteiger partial charge in [-0.05, 0) is 31.0 Å². The molecule has 5 nitrogen and oxygen atoms in total. The Hall–Kier alpha value is -1.95. The van der Waals surface area contributed by atoms with Crippen LogP contribution in [-0.2, 0) is 17.6 Å². The Kier molecular flexibility index (Phi) is 5.06. The van der Waals surface area contributed by atoms with Crippen molar-refractivity contribution in [3.8, 4) is 5.75 Å². The van der Waals surface area contributed by atoms with Gasteiger partial charge >= 0.3 is 0 Å². The zero-order valence-corrected chi connectivity index (χ0v) is 12.4. The summed E-state index contributed by atoms with van der Waals surface area (Å²) in [5, 5.41) is 12.1. The molecule has 2 rings (SSSR count). The summed E-state index contributed by atoms with van der Waals surface area (Å²) in [5.74, 6) is 0.723. The van der Waals surface area contributed by atoms with E-state index in [9.17, 15) is 4.79 Å². The Morgan fingerprint density at radius 3 is 2.60 bits per heavy atom. The SMILES string of the molecule is CCOc1ccc(CC(=O)Nc2nnc(CC)s2)cc1. The van der Waals surface area contributed by atoms with Crippen LogP contribution in [0.2, 0.25) is 0 Å². The fourth-order valence-electron chi connectivity index (χ4n) is 1.67. The molecule has 0 spiro atoms. The predicted molar refractivity (Wildman–Crippen MR) is 79.2 cm³/mol. The van der Waals surface area contributed by atoms with E-state index in [0.29, 0.717) is 18.2 Å². The lowest BCUT2D eigenvalue weighted by Crippen LogP contribution is -2.14. The summed E-state index contributed by atoms with van der Waals surface area (Å²) in [6.45, 7) is 4.58. The standard InChI is InChI=1S/C14H17N3O2S/c1-3-13-16-17-14(20-13)15-12(18)9-10-5-7-11(8-6-10)19-4-2/h5-8H,3-4,9H2,1-2H3,(H,15,17,18). The zero-order valence-electron chi connectivity index (χ0n) is 11.5. The second-order valence-electron chi connectivity index (χ2n) is 4.16. The molecule has 106 valence electrons. The van der Waals surface area contributed by atoms with Crippen LogP contribution in [0.4, 0.5) is 5.13 Å². The number of hydrogen-bond acceptors (Lipinski definition) is 5. The Morgan fingerprint density at radius 2 is 2.00 bits per heavy atom. The number of nitrogens with zero attached hydrogens (tertiary/aromatic N) is 2. The molecule has 2 aromatic rings. The van der Waals surface area contributed by atoms with Crippen molar-refractivity contribution in [2.45, 2.75) is 26.7 Å². The van der Waals surface area contributed by atoms with E-state index < -0.39 is 0 Å². The second kappa shape index (κ2) is 7.00. The van der Waals surface area contributed by atoms with Gasteiger partial charge in [-0.1, -0.05) is 30.4 Å². The molecule has 1 aromatic carbocycles. The lowest BCUT2D eigenvalue weighted by Gasteiger charge is -2.04. The first-order valence-corrected chi connectivity index (χ1v) is 7.37. The molecule has 1 amide bonds. The number of benzene rings is 1. The maximum absolute atomic E-state index is 11.9. The van der Waals surface area contributed by atoms with Gasteiger partial charge in [-0.3, -0.25) is 4.79 Å². The summed E-state index contributed by atoms with van der Waals surface area (Å²) in [7, 11) is 0. The van der Waals surface area contributed by atoms with E-state index in [-0.39, 0.29) is 5.91 Å². The first-order chi connectivity index (χ1) is 9.71. The minimum Gasteiger partial charge on any atom is -0.494 e. The molecule has 20 heavy (non-hydrogen) atoms. The number of hydrogen-bond donors (Lipinski definition) is 1. The molecule has 6 heteroatoms. The number of ether oxygens (including phenoxy) is 1. The highest BCUT2D eigenvalue weighted by Gasteiger charge is 2.08. The Bertz CT molecular complexity index is 566. The van der Waals surface area contributed by atoms with Crippen molar-refractivity contribution >= 4 is 22.4 Å². The fraction of sp³-hybridized carbons (Fsp3) is 0.357. The first kappa shape index (κ1) is 14.5. The third kappa shape index (κ3) is 4.03. The Labute approximate surface area is 122 Å². The third-order valence-corrected chi connectivity index (χ3v) is 3.60. The van der Waals surface area contributed by atoms with E-state index >= 15 is 0 Å². The van der Waals surface area contributed by atoms with Crippen molar-refractivity contribution in [2.75, 3.05) is 11.9 Å². The molecule has 0 saturated carbocycles. The van der Waals surface area contributed by atoms with E-state index in [4.69, 9.17) is 4.74 Å². The maximum atomic E-state index is 11.9. The lowest BCUT2D eigenvalue weighted by atomic mass is 10.1. The van der Waals surface area contributed by atoms with E-state index in [1.807, 2.05) is 38.1 Å². The lowest BCUT2D eigenvalue weighted by molar-refractivity contribution is -0.115. The highest BCUT2D eigenvalue weighted by Crippen LogP contribution is 2.16. The molecule has 1 aromatic heterocycles. The molecule has 0 fully saturated rings. The molecule has 0 unspecified atom stereocenters. The molecular weight excluding hydrogens is 274 g/mol. The second-order valence-corrected chi connectivity index (χ2v) is 5.22. The molecule has 1 N–H and O–H groups in total. The van der Waals surface area contributed by atoms with Crippen molar-refractivity contribution in [3.05, 3.63) is 34.8 Å². The Balaban J connectivity index is 1.90. The first-order valence-electron chi connectivity index (χ1n) is 6.55. The third-order valence-electron chi connectivity index (χ3n) is 2.61. The molecule has 0 aliphatic heterocycles. The van der Waals surface area contributed by atoms with Gasteiger partial charge in [-0.15, -0.1) is 10.2 Å². The van der Waals surface area contributed by atoms with Crippen LogP contribution in [0.25, 0.3) is 0 Å². The minimum absolute atomic E-state index is 0.0898. The number of rotatable bonds is 6. The number of aromatic nitrogens is 2. The molecule has 0 aliphatic carbocycles. The van der Waals surface area contributed by atoms with Gasteiger partial charge in [-0.2, -0.15) is 0 Å². The Morgan fingerprint density at radius 1 is 1.25 bits per heavy atom. The monoisotopic (exact) mass is 291 g/mol. The number of anilines is 1. The number of carbonyl (C=O) groups excluding carboxylic acids is 1. The summed E-state index contributed by atoms with van der Waals surface area (Å²) in [6.07, 6.45) is 1.14. The van der Waals surface area contributed by atoms with Crippen molar-refractivity contribution in [1.82, 2.24) is 10.2 Å². The molecular formula is C14H17N3O2S. The number of amides is 1. The van der Waals surface area contributed by atoms with Crippen LogP contribution in [0.15, 0.2) is 24.3 Å². The number of nitrogens with one attached hydrogen (secondary N) is 1. The summed E-state index contributed by atoms with van der Waals surface area (Å²) in [5.41, 5.74) is 0.936. The van der Waals surface area contributed by atoms with Crippen LogP contribution in [0, 0.1) is 0 Å². The normalized spacial score (nSPS) is 10.3.